The summed E-state index contributed by atoms with van der Waals surface area (Å²) >= 11 is 0. The van der Waals surface area contributed by atoms with Gasteiger partial charge < -0.3 is 9.47 Å². The molecule has 0 atom stereocenters. The molecule has 0 saturated heterocycles. The third-order valence-corrected chi connectivity index (χ3v) is 2.30. The number of carbonyl (C=O) groups is 1. The Morgan fingerprint density at radius 3 is 2.74 bits per heavy atom. The average Bonchev–Trinajstić information content (AvgIpc) is 2.86. The molecule has 0 aliphatic heterocycles. The van der Waals surface area contributed by atoms with Crippen LogP contribution in [0.25, 0.3) is 0 Å². The van der Waals surface area contributed by atoms with Crippen molar-refractivity contribution in [1.29, 1.82) is 0 Å². The lowest BCUT2D eigenvalue weighted by atomic mass is 10.2. The van der Waals surface area contributed by atoms with Crippen molar-refractivity contribution in [3.63, 3.8) is 0 Å². The summed E-state index contributed by atoms with van der Waals surface area (Å²) in [5.41, 5.74) is -0.129. The van der Waals surface area contributed by atoms with Gasteiger partial charge in [0.25, 0.3) is 5.91 Å². The van der Waals surface area contributed by atoms with Gasteiger partial charge in [0.05, 0.1) is 19.8 Å². The second kappa shape index (κ2) is 5.34. The molecule has 0 aliphatic rings. The number of ether oxygens (including phenoxy) is 2. The highest BCUT2D eigenvalue weighted by Crippen LogP contribution is 2.17. The number of aromatic nitrogens is 3. The molecule has 0 fully saturated rings. The summed E-state index contributed by atoms with van der Waals surface area (Å²) in [6.07, 6.45) is 0. The first-order chi connectivity index (χ1) is 9.13. The third kappa shape index (κ3) is 2.79. The number of aromatic amines is 1. The van der Waals surface area contributed by atoms with Crippen LogP contribution in [0.3, 0.4) is 0 Å². The van der Waals surface area contributed by atoms with E-state index in [1.165, 1.54) is 26.4 Å². The van der Waals surface area contributed by atoms with Crippen LogP contribution in [0.1, 0.15) is 10.4 Å². The average molecular weight is 266 g/mol. The number of methoxy groups -OCH3 is 2. The summed E-state index contributed by atoms with van der Waals surface area (Å²) in [4.78, 5) is 15.6. The monoisotopic (exact) mass is 266 g/mol. The smallest absolute Gasteiger partial charge is 0.336 e. The first-order valence-corrected chi connectivity index (χ1v) is 5.25. The van der Waals surface area contributed by atoms with E-state index < -0.39 is 11.7 Å². The van der Waals surface area contributed by atoms with E-state index in [1.807, 2.05) is 0 Å². The normalized spacial score (nSPS) is 10.1. The van der Waals surface area contributed by atoms with Gasteiger partial charge >= 0.3 is 6.01 Å². The SMILES string of the molecule is COc1ccc(C(=O)Nc2nc(OC)n[nH]2)c(F)c1. The number of benzene rings is 1. The van der Waals surface area contributed by atoms with Crippen molar-refractivity contribution in [2.75, 3.05) is 19.5 Å². The number of halogens is 1. The molecule has 0 radical (unpaired) electrons. The van der Waals surface area contributed by atoms with Crippen LogP contribution in [0, 0.1) is 5.82 Å². The van der Waals surface area contributed by atoms with Crippen LogP contribution in [-0.2, 0) is 0 Å². The van der Waals surface area contributed by atoms with Gasteiger partial charge in [0, 0.05) is 6.07 Å². The molecule has 19 heavy (non-hydrogen) atoms. The maximum absolute atomic E-state index is 13.6. The van der Waals surface area contributed by atoms with Crippen LogP contribution < -0.4 is 14.8 Å². The molecule has 0 saturated carbocycles. The number of hydrogen-bond donors (Lipinski definition) is 2. The molecule has 1 aromatic heterocycles. The van der Waals surface area contributed by atoms with Gasteiger partial charge in [0.2, 0.25) is 5.95 Å². The Kier molecular flexibility index (Phi) is 3.60. The van der Waals surface area contributed by atoms with Crippen molar-refractivity contribution < 1.29 is 18.7 Å². The third-order valence-electron chi connectivity index (χ3n) is 2.30. The van der Waals surface area contributed by atoms with E-state index in [9.17, 15) is 9.18 Å². The van der Waals surface area contributed by atoms with E-state index in [2.05, 4.69) is 20.5 Å². The second-order valence-electron chi connectivity index (χ2n) is 3.47. The molecule has 2 rings (SSSR count). The zero-order valence-corrected chi connectivity index (χ0v) is 10.2. The Morgan fingerprint density at radius 2 is 2.16 bits per heavy atom. The molecule has 1 aromatic carbocycles. The minimum atomic E-state index is -0.691. The molecule has 7 nitrogen and oxygen atoms in total. The Hall–Kier alpha value is -2.64. The van der Waals surface area contributed by atoms with Crippen LogP contribution in [0.15, 0.2) is 18.2 Å². The van der Waals surface area contributed by atoms with Gasteiger partial charge in [0.1, 0.15) is 11.6 Å². The van der Waals surface area contributed by atoms with Gasteiger partial charge in [-0.15, -0.1) is 5.10 Å². The number of anilines is 1. The highest BCUT2D eigenvalue weighted by Gasteiger charge is 2.14. The van der Waals surface area contributed by atoms with Crippen molar-refractivity contribution in [3.05, 3.63) is 29.6 Å². The Morgan fingerprint density at radius 1 is 1.37 bits per heavy atom. The van der Waals surface area contributed by atoms with Gasteiger partial charge in [0.15, 0.2) is 0 Å². The molecule has 0 unspecified atom stereocenters. The molecule has 8 heteroatoms. The number of carbonyl (C=O) groups excluding carboxylic acids is 1. The van der Waals surface area contributed by atoms with Crippen molar-refractivity contribution in [3.8, 4) is 11.8 Å². The summed E-state index contributed by atoms with van der Waals surface area (Å²) < 4.78 is 23.2. The summed E-state index contributed by atoms with van der Waals surface area (Å²) in [5.74, 6) is -0.949. The van der Waals surface area contributed by atoms with Gasteiger partial charge in [-0.2, -0.15) is 4.98 Å². The van der Waals surface area contributed by atoms with Crippen molar-refractivity contribution in [2.45, 2.75) is 0 Å². The number of H-pyrrole nitrogens is 1. The van der Waals surface area contributed by atoms with E-state index >= 15 is 0 Å². The van der Waals surface area contributed by atoms with E-state index in [1.54, 1.807) is 0 Å². The summed E-state index contributed by atoms with van der Waals surface area (Å²) in [5, 5.41) is 8.44. The highest BCUT2D eigenvalue weighted by molar-refractivity contribution is 6.03. The fourth-order valence-corrected chi connectivity index (χ4v) is 1.38. The molecule has 0 aliphatic carbocycles. The maximum atomic E-state index is 13.6. The van der Waals surface area contributed by atoms with E-state index in [4.69, 9.17) is 9.47 Å². The fourth-order valence-electron chi connectivity index (χ4n) is 1.38. The number of hydrogen-bond acceptors (Lipinski definition) is 5. The predicted molar refractivity (Wildman–Crippen MR) is 63.8 cm³/mol. The summed E-state index contributed by atoms with van der Waals surface area (Å²) in [7, 11) is 2.80. The standard InChI is InChI=1S/C11H11FN4O3/c1-18-6-3-4-7(8(12)5-6)9(17)13-10-14-11(19-2)16-15-10/h3-5H,1-2H3,(H2,13,14,15,16,17). The Bertz CT molecular complexity index is 599. The zero-order valence-electron chi connectivity index (χ0n) is 10.2. The van der Waals surface area contributed by atoms with Gasteiger partial charge in [-0.05, 0) is 12.1 Å². The van der Waals surface area contributed by atoms with E-state index in [0.29, 0.717) is 5.75 Å². The minimum Gasteiger partial charge on any atom is -0.497 e. The Labute approximate surface area is 107 Å². The first-order valence-electron chi connectivity index (χ1n) is 5.25. The van der Waals surface area contributed by atoms with Crippen molar-refractivity contribution >= 4 is 11.9 Å². The van der Waals surface area contributed by atoms with Crippen molar-refractivity contribution in [2.24, 2.45) is 0 Å². The Balaban J connectivity index is 2.15. The molecule has 1 amide bonds. The molecule has 100 valence electrons. The highest BCUT2D eigenvalue weighted by atomic mass is 19.1. The van der Waals surface area contributed by atoms with Gasteiger partial charge in [-0.3, -0.25) is 10.1 Å². The predicted octanol–water partition coefficient (Wildman–Crippen LogP) is 1.21. The molecule has 0 spiro atoms. The van der Waals surface area contributed by atoms with E-state index in [0.717, 1.165) is 6.07 Å². The number of amides is 1. The molecule has 2 aromatic rings. The fraction of sp³-hybridized carbons (Fsp3) is 0.182. The van der Waals surface area contributed by atoms with Crippen LogP contribution in [0.4, 0.5) is 10.3 Å². The largest absolute Gasteiger partial charge is 0.497 e. The first kappa shape index (κ1) is 12.8. The number of rotatable bonds is 4. The van der Waals surface area contributed by atoms with Crippen LogP contribution in [0.5, 0.6) is 11.8 Å². The van der Waals surface area contributed by atoms with Crippen molar-refractivity contribution in [1.82, 2.24) is 15.2 Å². The molecule has 2 N–H and O–H groups in total. The lowest BCUT2D eigenvalue weighted by Gasteiger charge is -2.05. The molecular formula is C11H11FN4O3. The molecule has 1 heterocycles. The summed E-state index contributed by atoms with van der Waals surface area (Å²) in [6, 6.07) is 4.00. The van der Waals surface area contributed by atoms with Gasteiger partial charge in [-0.1, -0.05) is 0 Å². The zero-order chi connectivity index (χ0) is 13.8. The topological polar surface area (TPSA) is 89.1 Å². The van der Waals surface area contributed by atoms with Crippen LogP contribution in [-0.4, -0.2) is 35.3 Å². The van der Waals surface area contributed by atoms with Crippen LogP contribution >= 0.6 is 0 Å². The van der Waals surface area contributed by atoms with Gasteiger partial charge in [-0.25, -0.2) is 9.49 Å². The molecule has 0 bridgehead atoms. The maximum Gasteiger partial charge on any atom is 0.336 e. The lowest BCUT2D eigenvalue weighted by Crippen LogP contribution is -2.14. The lowest BCUT2D eigenvalue weighted by molar-refractivity contribution is 0.102. The number of nitrogens with one attached hydrogen (secondary N) is 2. The number of nitrogens with zero attached hydrogens (tertiary/aromatic N) is 2. The summed E-state index contributed by atoms with van der Waals surface area (Å²) in [6.45, 7) is 0. The van der Waals surface area contributed by atoms with E-state index in [-0.39, 0.29) is 17.5 Å². The minimum absolute atomic E-state index is 0.0667. The quantitative estimate of drug-likeness (QED) is 0.868. The second-order valence-corrected chi connectivity index (χ2v) is 3.47. The van der Waals surface area contributed by atoms with Crippen LogP contribution in [0.2, 0.25) is 0 Å². The molecular weight excluding hydrogens is 255 g/mol.